The zero-order valence-electron chi connectivity index (χ0n) is 8.36. The summed E-state index contributed by atoms with van der Waals surface area (Å²) in [6.07, 6.45) is 0.878. The van der Waals surface area contributed by atoms with E-state index in [2.05, 4.69) is 10.3 Å². The second-order valence-electron chi connectivity index (χ2n) is 3.39. The number of nitrogens with one attached hydrogen (secondary N) is 1. The summed E-state index contributed by atoms with van der Waals surface area (Å²) in [7, 11) is 0. The highest BCUT2D eigenvalue weighted by Gasteiger charge is 2.06. The van der Waals surface area contributed by atoms with E-state index in [0.29, 0.717) is 17.5 Å². The minimum absolute atomic E-state index is 0.210. The Morgan fingerprint density at radius 2 is 2.53 bits per heavy atom. The van der Waals surface area contributed by atoms with E-state index in [9.17, 15) is 4.79 Å². The first-order chi connectivity index (χ1) is 7.08. The average molecular weight is 249 g/mol. The van der Waals surface area contributed by atoms with Gasteiger partial charge in [-0.15, -0.1) is 11.3 Å². The van der Waals surface area contributed by atoms with E-state index in [1.165, 1.54) is 11.3 Å². The maximum atomic E-state index is 10.3. The van der Waals surface area contributed by atoms with E-state index in [4.69, 9.17) is 16.7 Å². The molecule has 0 fully saturated rings. The van der Waals surface area contributed by atoms with Crippen molar-refractivity contribution in [2.75, 3.05) is 11.9 Å². The van der Waals surface area contributed by atoms with Crippen molar-refractivity contribution in [1.29, 1.82) is 0 Å². The Kier molecular flexibility index (Phi) is 4.84. The lowest BCUT2D eigenvalue weighted by atomic mass is 10.1. The van der Waals surface area contributed by atoms with Gasteiger partial charge in [-0.05, 0) is 12.3 Å². The molecule has 0 aromatic carbocycles. The molecule has 1 atom stereocenters. The van der Waals surface area contributed by atoms with Gasteiger partial charge in [0.2, 0.25) is 0 Å². The number of nitrogens with zero attached hydrogens (tertiary/aromatic N) is 1. The molecule has 0 saturated heterocycles. The lowest BCUT2D eigenvalue weighted by Gasteiger charge is -2.09. The van der Waals surface area contributed by atoms with Gasteiger partial charge in [-0.25, -0.2) is 4.98 Å². The molecular formula is C9H13ClN2O2S. The molecule has 0 bridgehead atoms. The summed E-state index contributed by atoms with van der Waals surface area (Å²) < 4.78 is 0. The number of carboxylic acid groups (broad SMARTS) is 1. The molecule has 0 spiro atoms. The minimum atomic E-state index is -0.751. The summed E-state index contributed by atoms with van der Waals surface area (Å²) in [5.74, 6) is -0.442. The van der Waals surface area contributed by atoms with Crippen LogP contribution in [0.15, 0.2) is 5.38 Å². The SMILES string of the molecule is CC(CCC(=O)O)CNc1nc(Cl)cs1. The van der Waals surface area contributed by atoms with Crippen LogP contribution in [-0.4, -0.2) is 22.6 Å². The number of carbonyl (C=O) groups is 1. The van der Waals surface area contributed by atoms with Crippen LogP contribution in [0.2, 0.25) is 5.15 Å². The number of halogens is 1. The van der Waals surface area contributed by atoms with Gasteiger partial charge in [-0.3, -0.25) is 4.79 Å². The standard InChI is InChI=1S/C9H13ClN2O2S/c1-6(2-3-8(13)14)4-11-9-12-7(10)5-15-9/h5-6H,2-4H2,1H3,(H,11,12)(H,13,14). The smallest absolute Gasteiger partial charge is 0.303 e. The Hall–Kier alpha value is -0.810. The summed E-state index contributed by atoms with van der Waals surface area (Å²) in [5.41, 5.74) is 0. The highest BCUT2D eigenvalue weighted by atomic mass is 35.5. The van der Waals surface area contributed by atoms with Crippen molar-refractivity contribution in [2.24, 2.45) is 5.92 Å². The van der Waals surface area contributed by atoms with Crippen LogP contribution in [-0.2, 0) is 4.79 Å². The van der Waals surface area contributed by atoms with Crippen LogP contribution >= 0.6 is 22.9 Å². The number of thiazole rings is 1. The molecule has 15 heavy (non-hydrogen) atoms. The molecule has 1 aromatic rings. The van der Waals surface area contributed by atoms with E-state index in [1.54, 1.807) is 5.38 Å². The van der Waals surface area contributed by atoms with Gasteiger partial charge < -0.3 is 10.4 Å². The Bertz CT molecular complexity index is 330. The van der Waals surface area contributed by atoms with Crippen molar-refractivity contribution in [2.45, 2.75) is 19.8 Å². The number of hydrogen-bond donors (Lipinski definition) is 2. The number of aromatic nitrogens is 1. The zero-order chi connectivity index (χ0) is 11.3. The number of carboxylic acids is 1. The Morgan fingerprint density at radius 1 is 1.80 bits per heavy atom. The molecule has 1 unspecified atom stereocenters. The van der Waals surface area contributed by atoms with Crippen molar-refractivity contribution in [3.05, 3.63) is 10.5 Å². The summed E-state index contributed by atoms with van der Waals surface area (Å²) in [6, 6.07) is 0. The van der Waals surface area contributed by atoms with E-state index in [-0.39, 0.29) is 6.42 Å². The lowest BCUT2D eigenvalue weighted by molar-refractivity contribution is -0.137. The molecule has 1 rings (SSSR count). The molecule has 1 heterocycles. The first-order valence-corrected chi connectivity index (χ1v) is 5.90. The summed E-state index contributed by atoms with van der Waals surface area (Å²) in [4.78, 5) is 14.4. The van der Waals surface area contributed by atoms with Gasteiger partial charge in [-0.1, -0.05) is 18.5 Å². The largest absolute Gasteiger partial charge is 0.481 e. The van der Waals surface area contributed by atoms with Crippen molar-refractivity contribution < 1.29 is 9.90 Å². The van der Waals surface area contributed by atoms with Gasteiger partial charge in [0.25, 0.3) is 0 Å². The highest BCUT2D eigenvalue weighted by molar-refractivity contribution is 7.14. The van der Waals surface area contributed by atoms with Crippen LogP contribution in [0.3, 0.4) is 0 Å². The molecule has 4 nitrogen and oxygen atoms in total. The Morgan fingerprint density at radius 3 is 3.07 bits per heavy atom. The van der Waals surface area contributed by atoms with Crippen LogP contribution < -0.4 is 5.32 Å². The third-order valence-corrected chi connectivity index (χ3v) is 3.05. The van der Waals surface area contributed by atoms with Gasteiger partial charge in [0.05, 0.1) is 0 Å². The average Bonchev–Trinajstić information content (AvgIpc) is 2.58. The molecule has 1 aromatic heterocycles. The molecule has 84 valence electrons. The fourth-order valence-electron chi connectivity index (χ4n) is 1.07. The predicted octanol–water partition coefficient (Wildman–Crippen LogP) is 2.71. The van der Waals surface area contributed by atoms with Gasteiger partial charge in [-0.2, -0.15) is 0 Å². The van der Waals surface area contributed by atoms with Gasteiger partial charge >= 0.3 is 5.97 Å². The normalized spacial score (nSPS) is 12.4. The number of anilines is 1. The third kappa shape index (κ3) is 4.99. The number of hydrogen-bond acceptors (Lipinski definition) is 4. The van der Waals surface area contributed by atoms with Crippen LogP contribution in [0.25, 0.3) is 0 Å². The fourth-order valence-corrected chi connectivity index (χ4v) is 1.92. The minimum Gasteiger partial charge on any atom is -0.481 e. The molecule has 0 aliphatic rings. The molecule has 2 N–H and O–H groups in total. The van der Waals surface area contributed by atoms with Crippen molar-refractivity contribution in [3.63, 3.8) is 0 Å². The first-order valence-electron chi connectivity index (χ1n) is 4.64. The molecular weight excluding hydrogens is 236 g/mol. The molecule has 0 aliphatic heterocycles. The van der Waals surface area contributed by atoms with Crippen molar-refractivity contribution in [1.82, 2.24) is 4.98 Å². The molecule has 0 saturated carbocycles. The van der Waals surface area contributed by atoms with E-state index in [1.807, 2.05) is 6.92 Å². The Balaban J connectivity index is 2.22. The first kappa shape index (κ1) is 12.3. The topological polar surface area (TPSA) is 62.2 Å². The molecule has 0 radical (unpaired) electrons. The fraction of sp³-hybridized carbons (Fsp3) is 0.556. The van der Waals surface area contributed by atoms with Crippen molar-refractivity contribution in [3.8, 4) is 0 Å². The second kappa shape index (κ2) is 5.92. The second-order valence-corrected chi connectivity index (χ2v) is 4.64. The van der Waals surface area contributed by atoms with Gasteiger partial charge in [0.1, 0.15) is 5.15 Å². The maximum absolute atomic E-state index is 10.3. The quantitative estimate of drug-likeness (QED) is 0.813. The van der Waals surface area contributed by atoms with E-state index < -0.39 is 5.97 Å². The zero-order valence-corrected chi connectivity index (χ0v) is 9.94. The molecule has 0 amide bonds. The summed E-state index contributed by atoms with van der Waals surface area (Å²) in [6.45, 7) is 2.72. The predicted molar refractivity (Wildman–Crippen MR) is 61.6 cm³/mol. The van der Waals surface area contributed by atoms with Gasteiger partial charge in [0.15, 0.2) is 5.13 Å². The maximum Gasteiger partial charge on any atom is 0.303 e. The monoisotopic (exact) mass is 248 g/mol. The van der Waals surface area contributed by atoms with Crippen LogP contribution in [0.4, 0.5) is 5.13 Å². The van der Waals surface area contributed by atoms with Crippen LogP contribution in [0.5, 0.6) is 0 Å². The number of rotatable bonds is 6. The lowest BCUT2D eigenvalue weighted by Crippen LogP contribution is -2.12. The molecule has 6 heteroatoms. The van der Waals surface area contributed by atoms with E-state index in [0.717, 1.165) is 11.7 Å². The number of aliphatic carboxylic acids is 1. The third-order valence-electron chi connectivity index (χ3n) is 1.93. The Labute approximate surface area is 97.3 Å². The van der Waals surface area contributed by atoms with Crippen molar-refractivity contribution >= 4 is 34.0 Å². The van der Waals surface area contributed by atoms with Gasteiger partial charge in [0, 0.05) is 18.3 Å². The van der Waals surface area contributed by atoms with Crippen LogP contribution in [0.1, 0.15) is 19.8 Å². The highest BCUT2D eigenvalue weighted by Crippen LogP contribution is 2.19. The van der Waals surface area contributed by atoms with E-state index >= 15 is 0 Å². The molecule has 0 aliphatic carbocycles. The van der Waals surface area contributed by atoms with Crippen LogP contribution in [0, 0.1) is 5.92 Å². The summed E-state index contributed by atoms with van der Waals surface area (Å²) in [5, 5.41) is 14.6. The summed E-state index contributed by atoms with van der Waals surface area (Å²) >= 11 is 7.11.